The third kappa shape index (κ3) is 4.31. The number of amides is 1. The number of piperidine rings is 1. The molecule has 0 radical (unpaired) electrons. The molecule has 8 heteroatoms. The van der Waals surface area contributed by atoms with E-state index in [0.717, 1.165) is 43.7 Å². The van der Waals surface area contributed by atoms with Crippen LogP contribution in [0.1, 0.15) is 63.6 Å². The Morgan fingerprint density at radius 3 is 2.65 bits per heavy atom. The molecule has 2 unspecified atom stereocenters. The summed E-state index contributed by atoms with van der Waals surface area (Å²) in [5, 5.41) is 9.69. The molecule has 0 spiro atoms. The Morgan fingerprint density at radius 1 is 1.35 bits per heavy atom. The number of thiocarbonyl (C=S) groups is 1. The van der Waals surface area contributed by atoms with E-state index in [4.69, 9.17) is 12.2 Å². The van der Waals surface area contributed by atoms with Gasteiger partial charge in [0.2, 0.25) is 0 Å². The minimum Gasteiger partial charge on any atom is -0.357 e. The van der Waals surface area contributed by atoms with Gasteiger partial charge in [-0.1, -0.05) is 37.8 Å². The lowest BCUT2D eigenvalue weighted by Gasteiger charge is -2.35. The van der Waals surface area contributed by atoms with E-state index >= 15 is 0 Å². The van der Waals surface area contributed by atoms with Gasteiger partial charge in [-0.3, -0.25) is 19.1 Å². The number of thioether (sulfide) groups is 1. The van der Waals surface area contributed by atoms with Crippen molar-refractivity contribution in [2.45, 2.75) is 66.5 Å². The van der Waals surface area contributed by atoms with Crippen molar-refractivity contribution in [3.05, 3.63) is 31.9 Å². The number of carbonyl (C=O) groups is 1. The zero-order valence-electron chi connectivity index (χ0n) is 18.9. The van der Waals surface area contributed by atoms with Gasteiger partial charge in [0.05, 0.1) is 4.91 Å². The fourth-order valence-corrected chi connectivity index (χ4v) is 5.78. The predicted octanol–water partition coefficient (Wildman–Crippen LogP) is 4.28. The molecule has 2 saturated heterocycles. The van der Waals surface area contributed by atoms with Gasteiger partial charge in [0.15, 0.2) is 0 Å². The molecule has 0 saturated carbocycles. The van der Waals surface area contributed by atoms with E-state index < -0.39 is 0 Å². The van der Waals surface area contributed by atoms with Crippen LogP contribution in [-0.4, -0.2) is 38.8 Å². The molecule has 31 heavy (non-hydrogen) atoms. The van der Waals surface area contributed by atoms with Gasteiger partial charge >= 0.3 is 0 Å². The molecule has 166 valence electrons. The zero-order chi connectivity index (χ0) is 22.9. The van der Waals surface area contributed by atoms with Crippen molar-refractivity contribution in [1.82, 2.24) is 9.47 Å². The normalized spacial score (nSPS) is 21.7. The van der Waals surface area contributed by atoms with Crippen molar-refractivity contribution >= 4 is 46.1 Å². The molecular formula is C23H30N4O2S2. The molecule has 0 aromatic carbocycles. The first-order chi connectivity index (χ1) is 14.7. The van der Waals surface area contributed by atoms with E-state index in [0.29, 0.717) is 27.3 Å². The van der Waals surface area contributed by atoms with Crippen LogP contribution in [0, 0.1) is 24.2 Å². The molecule has 0 N–H and O–H groups in total. The quantitative estimate of drug-likeness (QED) is 0.484. The number of aromatic nitrogens is 1. The molecule has 2 atom stereocenters. The lowest BCUT2D eigenvalue weighted by atomic mass is 9.98. The molecule has 1 amide bonds. The predicted molar refractivity (Wildman–Crippen MR) is 131 cm³/mol. The summed E-state index contributed by atoms with van der Waals surface area (Å²) in [4.78, 5) is 30.7. The molecule has 0 aliphatic carbocycles. The Hall–Kier alpha value is -2.11. The number of anilines is 1. The average Bonchev–Trinajstić information content (AvgIpc) is 3.02. The van der Waals surface area contributed by atoms with Crippen molar-refractivity contribution in [1.29, 1.82) is 5.26 Å². The number of hydrogen-bond acceptors (Lipinski definition) is 6. The second-order valence-corrected chi connectivity index (χ2v) is 10.1. The van der Waals surface area contributed by atoms with E-state index in [1.165, 1.54) is 11.8 Å². The maximum absolute atomic E-state index is 13.1. The average molecular weight is 459 g/mol. The molecule has 1 aromatic heterocycles. The summed E-state index contributed by atoms with van der Waals surface area (Å²) in [6, 6.07) is 2.12. The van der Waals surface area contributed by atoms with Crippen LogP contribution in [0.2, 0.25) is 0 Å². The van der Waals surface area contributed by atoms with Gasteiger partial charge in [0.1, 0.15) is 21.8 Å². The minimum atomic E-state index is -0.264. The number of carbonyl (C=O) groups excluding carboxylic acids is 1. The van der Waals surface area contributed by atoms with Crippen LogP contribution in [0.3, 0.4) is 0 Å². The minimum absolute atomic E-state index is 0.0289. The first kappa shape index (κ1) is 23.6. The van der Waals surface area contributed by atoms with Crippen LogP contribution < -0.4 is 10.5 Å². The van der Waals surface area contributed by atoms with Crippen molar-refractivity contribution in [2.24, 2.45) is 5.92 Å². The van der Waals surface area contributed by atoms with E-state index in [1.807, 2.05) is 26.8 Å². The molecule has 1 aromatic rings. The van der Waals surface area contributed by atoms with Crippen LogP contribution in [0.25, 0.3) is 6.08 Å². The molecule has 3 heterocycles. The summed E-state index contributed by atoms with van der Waals surface area (Å²) >= 11 is 6.78. The lowest BCUT2D eigenvalue weighted by Crippen LogP contribution is -2.40. The van der Waals surface area contributed by atoms with E-state index in [-0.39, 0.29) is 23.1 Å². The third-order valence-corrected chi connectivity index (χ3v) is 7.58. The summed E-state index contributed by atoms with van der Waals surface area (Å²) < 4.78 is 2.24. The highest BCUT2D eigenvalue weighted by Crippen LogP contribution is 2.37. The fraction of sp³-hybridized carbons (Fsp3) is 0.565. The van der Waals surface area contributed by atoms with Crippen molar-refractivity contribution in [3.8, 4) is 6.07 Å². The molecule has 2 aliphatic heterocycles. The topological polar surface area (TPSA) is 69.3 Å². The van der Waals surface area contributed by atoms with E-state index in [2.05, 4.69) is 17.9 Å². The van der Waals surface area contributed by atoms with Gasteiger partial charge in [-0.15, -0.1) is 0 Å². The highest BCUT2D eigenvalue weighted by molar-refractivity contribution is 8.26. The van der Waals surface area contributed by atoms with Gasteiger partial charge < -0.3 is 4.90 Å². The summed E-state index contributed by atoms with van der Waals surface area (Å²) in [5.41, 5.74) is 1.27. The molecule has 0 bridgehead atoms. The van der Waals surface area contributed by atoms with Gasteiger partial charge in [-0.25, -0.2) is 0 Å². The Bertz CT molecular complexity index is 1040. The van der Waals surface area contributed by atoms with Crippen molar-refractivity contribution in [2.75, 3.05) is 18.0 Å². The number of nitriles is 1. The summed E-state index contributed by atoms with van der Waals surface area (Å²) in [5.74, 6) is 1.22. The van der Waals surface area contributed by atoms with Crippen molar-refractivity contribution in [3.63, 3.8) is 0 Å². The molecular weight excluding hydrogens is 428 g/mol. The lowest BCUT2D eigenvalue weighted by molar-refractivity contribution is -0.123. The SMILES string of the molecule is CCC(C)N1C(=O)/C(=C\c2c(C)c(C#N)c(=O)n(CC)c2N2CCCC(C)C2)SC1=S. The first-order valence-corrected chi connectivity index (χ1v) is 12.2. The summed E-state index contributed by atoms with van der Waals surface area (Å²) in [6.07, 6.45) is 4.87. The highest BCUT2D eigenvalue weighted by atomic mass is 32.2. The molecule has 3 rings (SSSR count). The standard InChI is InChI=1S/C23H30N4O2S2/c1-6-15(4)27-22(29)19(31-23(27)30)11-17-16(5)18(12-24)21(28)26(7-2)20(17)25-10-8-9-14(3)13-25/h11,14-15H,6-10,13H2,1-5H3/b19-11+. The number of nitrogens with zero attached hydrogens (tertiary/aromatic N) is 4. The highest BCUT2D eigenvalue weighted by Gasteiger charge is 2.35. The van der Waals surface area contributed by atoms with Crippen molar-refractivity contribution < 1.29 is 4.79 Å². The largest absolute Gasteiger partial charge is 0.357 e. The smallest absolute Gasteiger partial charge is 0.270 e. The van der Waals surface area contributed by atoms with Gasteiger partial charge in [-0.2, -0.15) is 5.26 Å². The third-order valence-electron chi connectivity index (χ3n) is 6.25. The van der Waals surface area contributed by atoms with Crippen LogP contribution in [-0.2, 0) is 11.3 Å². The van der Waals surface area contributed by atoms with Gasteiger partial charge in [-0.05, 0) is 57.6 Å². The van der Waals surface area contributed by atoms with Crippen LogP contribution >= 0.6 is 24.0 Å². The molecule has 2 aliphatic rings. The van der Waals surface area contributed by atoms with Gasteiger partial charge in [0, 0.05) is 31.2 Å². The number of pyridine rings is 1. The monoisotopic (exact) mass is 458 g/mol. The maximum atomic E-state index is 13.1. The Morgan fingerprint density at radius 2 is 2.06 bits per heavy atom. The fourth-order valence-electron chi connectivity index (χ4n) is 4.33. The van der Waals surface area contributed by atoms with Gasteiger partial charge in [0.25, 0.3) is 11.5 Å². The summed E-state index contributed by atoms with van der Waals surface area (Å²) in [6.45, 7) is 12.1. The van der Waals surface area contributed by atoms with E-state index in [1.54, 1.807) is 16.4 Å². The molecule has 6 nitrogen and oxygen atoms in total. The second kappa shape index (κ2) is 9.58. The maximum Gasteiger partial charge on any atom is 0.270 e. The number of rotatable bonds is 5. The van der Waals surface area contributed by atoms with Crippen LogP contribution in [0.15, 0.2) is 9.70 Å². The summed E-state index contributed by atoms with van der Waals surface area (Å²) in [7, 11) is 0. The first-order valence-electron chi connectivity index (χ1n) is 10.9. The second-order valence-electron chi connectivity index (χ2n) is 8.40. The number of hydrogen-bond donors (Lipinski definition) is 0. The van der Waals surface area contributed by atoms with E-state index in [9.17, 15) is 14.9 Å². The molecule has 2 fully saturated rings. The Balaban J connectivity index is 2.23. The zero-order valence-corrected chi connectivity index (χ0v) is 20.5. The van der Waals surface area contributed by atoms with Crippen LogP contribution in [0.5, 0.6) is 0 Å². The van der Waals surface area contributed by atoms with Crippen LogP contribution in [0.4, 0.5) is 5.82 Å². The Labute approximate surface area is 193 Å². The Kier molecular flexibility index (Phi) is 7.28.